The summed E-state index contributed by atoms with van der Waals surface area (Å²) in [5.41, 5.74) is 4.11. The van der Waals surface area contributed by atoms with Crippen molar-refractivity contribution in [1.29, 1.82) is 0 Å². The van der Waals surface area contributed by atoms with Crippen LogP contribution in [0.5, 0.6) is 0 Å². The van der Waals surface area contributed by atoms with Crippen LogP contribution in [0.1, 0.15) is 35.1 Å². The smallest absolute Gasteiger partial charge is 0.276 e. The number of aromatic amines is 1. The molecule has 1 aromatic carbocycles. The number of carbonyl (C=O) groups is 1. The molecule has 0 atom stereocenters. The summed E-state index contributed by atoms with van der Waals surface area (Å²) in [6.07, 6.45) is 3.65. The normalized spacial score (nSPS) is 10.8. The SMILES string of the molecule is CCCc1cc(C(=O)Nc2ccc(C)c3ncccc23)n[nH]1. The number of anilines is 1. The number of amides is 1. The Labute approximate surface area is 128 Å². The minimum absolute atomic E-state index is 0.215. The lowest BCUT2D eigenvalue weighted by Gasteiger charge is -2.08. The molecule has 5 nitrogen and oxygen atoms in total. The second kappa shape index (κ2) is 5.97. The van der Waals surface area contributed by atoms with Crippen molar-refractivity contribution < 1.29 is 4.79 Å². The highest BCUT2D eigenvalue weighted by Crippen LogP contribution is 2.24. The van der Waals surface area contributed by atoms with Crippen LogP contribution in [0.4, 0.5) is 5.69 Å². The zero-order valence-electron chi connectivity index (χ0n) is 12.7. The van der Waals surface area contributed by atoms with E-state index in [0.29, 0.717) is 5.69 Å². The van der Waals surface area contributed by atoms with Crippen LogP contribution in [-0.2, 0) is 6.42 Å². The van der Waals surface area contributed by atoms with Gasteiger partial charge in [-0.25, -0.2) is 0 Å². The van der Waals surface area contributed by atoms with E-state index in [1.54, 1.807) is 12.3 Å². The van der Waals surface area contributed by atoms with Gasteiger partial charge in [0, 0.05) is 17.3 Å². The van der Waals surface area contributed by atoms with E-state index in [2.05, 4.69) is 27.4 Å². The number of nitrogens with one attached hydrogen (secondary N) is 2. The monoisotopic (exact) mass is 294 g/mol. The van der Waals surface area contributed by atoms with Gasteiger partial charge in [-0.15, -0.1) is 0 Å². The highest BCUT2D eigenvalue weighted by molar-refractivity contribution is 6.08. The molecule has 0 aliphatic carbocycles. The van der Waals surface area contributed by atoms with Gasteiger partial charge in [0.1, 0.15) is 0 Å². The lowest BCUT2D eigenvalue weighted by Crippen LogP contribution is -2.12. The van der Waals surface area contributed by atoms with Gasteiger partial charge >= 0.3 is 0 Å². The van der Waals surface area contributed by atoms with Gasteiger partial charge in [-0.1, -0.05) is 19.4 Å². The maximum Gasteiger partial charge on any atom is 0.276 e. The van der Waals surface area contributed by atoms with E-state index in [4.69, 9.17) is 0 Å². The van der Waals surface area contributed by atoms with Crippen molar-refractivity contribution in [2.75, 3.05) is 5.32 Å². The fourth-order valence-electron chi connectivity index (χ4n) is 2.48. The van der Waals surface area contributed by atoms with Gasteiger partial charge in [-0.2, -0.15) is 5.10 Å². The number of pyridine rings is 1. The predicted molar refractivity (Wildman–Crippen MR) is 87.0 cm³/mol. The summed E-state index contributed by atoms with van der Waals surface area (Å²) in [4.78, 5) is 16.7. The molecule has 0 aliphatic rings. The van der Waals surface area contributed by atoms with Gasteiger partial charge in [0.2, 0.25) is 0 Å². The Morgan fingerprint density at radius 1 is 1.32 bits per heavy atom. The molecule has 0 saturated heterocycles. The number of aryl methyl sites for hydroxylation is 2. The maximum atomic E-state index is 12.3. The molecule has 0 spiro atoms. The van der Waals surface area contributed by atoms with Crippen molar-refractivity contribution >= 4 is 22.5 Å². The van der Waals surface area contributed by atoms with E-state index >= 15 is 0 Å². The first kappa shape index (κ1) is 14.3. The lowest BCUT2D eigenvalue weighted by atomic mass is 10.1. The van der Waals surface area contributed by atoms with E-state index in [-0.39, 0.29) is 5.91 Å². The third kappa shape index (κ3) is 2.70. The molecule has 3 aromatic rings. The lowest BCUT2D eigenvalue weighted by molar-refractivity contribution is 0.102. The summed E-state index contributed by atoms with van der Waals surface area (Å²) in [5.74, 6) is -0.215. The first-order chi connectivity index (χ1) is 10.7. The average Bonchev–Trinajstić information content (AvgIpc) is 2.99. The van der Waals surface area contributed by atoms with Crippen molar-refractivity contribution in [3.05, 3.63) is 53.5 Å². The molecule has 0 radical (unpaired) electrons. The van der Waals surface area contributed by atoms with Crippen molar-refractivity contribution in [2.45, 2.75) is 26.7 Å². The van der Waals surface area contributed by atoms with Crippen molar-refractivity contribution in [3.63, 3.8) is 0 Å². The van der Waals surface area contributed by atoms with Crippen LogP contribution in [0, 0.1) is 6.92 Å². The molecule has 5 heteroatoms. The molecule has 3 rings (SSSR count). The van der Waals surface area contributed by atoms with E-state index < -0.39 is 0 Å². The zero-order valence-corrected chi connectivity index (χ0v) is 12.7. The van der Waals surface area contributed by atoms with Crippen LogP contribution in [0.15, 0.2) is 36.5 Å². The Bertz CT molecular complexity index is 822. The third-order valence-electron chi connectivity index (χ3n) is 3.60. The molecule has 112 valence electrons. The first-order valence-corrected chi connectivity index (χ1v) is 7.39. The number of carbonyl (C=O) groups excluding carboxylic acids is 1. The van der Waals surface area contributed by atoms with E-state index in [1.165, 1.54) is 0 Å². The summed E-state index contributed by atoms with van der Waals surface area (Å²) in [6, 6.07) is 9.48. The number of nitrogens with zero attached hydrogens (tertiary/aromatic N) is 2. The molecule has 0 fully saturated rings. The van der Waals surface area contributed by atoms with Crippen molar-refractivity contribution in [1.82, 2.24) is 15.2 Å². The summed E-state index contributed by atoms with van der Waals surface area (Å²) in [5, 5.41) is 10.8. The second-order valence-electron chi connectivity index (χ2n) is 5.31. The molecule has 0 saturated carbocycles. The highest BCUT2D eigenvalue weighted by atomic mass is 16.1. The van der Waals surface area contributed by atoms with E-state index in [1.807, 2.05) is 31.2 Å². The van der Waals surface area contributed by atoms with Crippen molar-refractivity contribution in [3.8, 4) is 0 Å². The molecular weight excluding hydrogens is 276 g/mol. The quantitative estimate of drug-likeness (QED) is 0.774. The number of aromatic nitrogens is 3. The topological polar surface area (TPSA) is 70.7 Å². The van der Waals surface area contributed by atoms with E-state index in [0.717, 1.165) is 40.7 Å². The summed E-state index contributed by atoms with van der Waals surface area (Å²) < 4.78 is 0. The van der Waals surface area contributed by atoms with Crippen molar-refractivity contribution in [2.24, 2.45) is 0 Å². The van der Waals surface area contributed by atoms with Gasteiger partial charge in [0.25, 0.3) is 5.91 Å². The highest BCUT2D eigenvalue weighted by Gasteiger charge is 2.12. The molecule has 1 amide bonds. The molecule has 2 heterocycles. The number of benzene rings is 1. The van der Waals surface area contributed by atoms with Gasteiger partial charge in [-0.3, -0.25) is 14.9 Å². The van der Waals surface area contributed by atoms with Gasteiger partial charge in [0.05, 0.1) is 11.2 Å². The van der Waals surface area contributed by atoms with Gasteiger partial charge in [-0.05, 0) is 43.2 Å². The standard InChI is InChI=1S/C17H18N4O/c1-3-5-12-10-15(21-20-12)17(22)19-14-8-7-11(2)16-13(14)6-4-9-18-16/h4,6-10H,3,5H2,1-2H3,(H,19,22)(H,20,21). The molecule has 22 heavy (non-hydrogen) atoms. The Morgan fingerprint density at radius 2 is 2.18 bits per heavy atom. The number of fused-ring (bicyclic) bond motifs is 1. The molecular formula is C17H18N4O. The molecule has 0 aliphatic heterocycles. The van der Waals surface area contributed by atoms with Crippen LogP contribution in [0.2, 0.25) is 0 Å². The Kier molecular flexibility index (Phi) is 3.87. The maximum absolute atomic E-state index is 12.3. The van der Waals surface area contributed by atoms with Crippen LogP contribution in [-0.4, -0.2) is 21.1 Å². The fourth-order valence-corrected chi connectivity index (χ4v) is 2.48. The minimum Gasteiger partial charge on any atom is -0.320 e. The number of hydrogen-bond acceptors (Lipinski definition) is 3. The number of H-pyrrole nitrogens is 1. The Balaban J connectivity index is 1.89. The summed E-state index contributed by atoms with van der Waals surface area (Å²) in [6.45, 7) is 4.09. The third-order valence-corrected chi connectivity index (χ3v) is 3.60. The fraction of sp³-hybridized carbons (Fsp3) is 0.235. The Morgan fingerprint density at radius 3 is 3.00 bits per heavy atom. The van der Waals surface area contributed by atoms with E-state index in [9.17, 15) is 4.79 Å². The predicted octanol–water partition coefficient (Wildman–Crippen LogP) is 3.47. The molecule has 0 unspecified atom stereocenters. The minimum atomic E-state index is -0.215. The molecule has 2 N–H and O–H groups in total. The number of rotatable bonds is 4. The first-order valence-electron chi connectivity index (χ1n) is 7.39. The molecule has 2 aromatic heterocycles. The summed E-state index contributed by atoms with van der Waals surface area (Å²) in [7, 11) is 0. The molecule has 0 bridgehead atoms. The van der Waals surface area contributed by atoms with Crippen LogP contribution in [0.25, 0.3) is 10.9 Å². The van der Waals surface area contributed by atoms with Crippen LogP contribution < -0.4 is 5.32 Å². The van der Waals surface area contributed by atoms with Gasteiger partial charge in [0.15, 0.2) is 5.69 Å². The summed E-state index contributed by atoms with van der Waals surface area (Å²) >= 11 is 0. The number of hydrogen-bond donors (Lipinski definition) is 2. The largest absolute Gasteiger partial charge is 0.320 e. The average molecular weight is 294 g/mol. The van der Waals surface area contributed by atoms with Crippen LogP contribution >= 0.6 is 0 Å². The Hall–Kier alpha value is -2.69. The second-order valence-corrected chi connectivity index (χ2v) is 5.31. The zero-order chi connectivity index (χ0) is 15.5. The van der Waals surface area contributed by atoms with Gasteiger partial charge < -0.3 is 5.32 Å². The van der Waals surface area contributed by atoms with Crippen LogP contribution in [0.3, 0.4) is 0 Å².